The summed E-state index contributed by atoms with van der Waals surface area (Å²) in [5, 5.41) is 3.08. The molecule has 3 aromatic rings. The average Bonchev–Trinajstić information content (AvgIpc) is 2.80. The number of nitrogens with zero attached hydrogens (tertiary/aromatic N) is 3. The van der Waals surface area contributed by atoms with E-state index < -0.39 is 27.0 Å². The van der Waals surface area contributed by atoms with E-state index in [0.29, 0.717) is 24.8 Å². The van der Waals surface area contributed by atoms with Crippen LogP contribution < -0.4 is 19.7 Å². The van der Waals surface area contributed by atoms with Gasteiger partial charge in [0.25, 0.3) is 10.0 Å². The molecule has 0 unspecified atom stereocenters. The smallest absolute Gasteiger partial charge is 0.404 e. The van der Waals surface area contributed by atoms with Gasteiger partial charge in [0, 0.05) is 36.2 Å². The van der Waals surface area contributed by atoms with Crippen LogP contribution in [0.2, 0.25) is 0 Å². The molecule has 35 heavy (non-hydrogen) atoms. The molecule has 0 spiro atoms. The fourth-order valence-electron chi connectivity index (χ4n) is 3.40. The van der Waals surface area contributed by atoms with Crippen LogP contribution >= 0.6 is 0 Å². The third kappa shape index (κ3) is 6.51. The monoisotopic (exact) mass is 509 g/mol. The van der Waals surface area contributed by atoms with Crippen molar-refractivity contribution in [3.05, 3.63) is 60.3 Å². The third-order valence-corrected chi connectivity index (χ3v) is 6.35. The third-order valence-electron chi connectivity index (χ3n) is 4.93. The van der Waals surface area contributed by atoms with Gasteiger partial charge in [0.1, 0.15) is 16.5 Å². The molecule has 2 aromatic carbocycles. The maximum Gasteiger partial charge on any atom is 0.573 e. The van der Waals surface area contributed by atoms with Gasteiger partial charge in [-0.05, 0) is 43.3 Å². The lowest BCUT2D eigenvalue weighted by Gasteiger charge is -2.28. The molecule has 0 radical (unpaired) electrons. The molecule has 0 amide bonds. The van der Waals surface area contributed by atoms with Crippen LogP contribution in [-0.2, 0) is 14.8 Å². The number of anilines is 4. The summed E-state index contributed by atoms with van der Waals surface area (Å²) >= 11 is 0. The van der Waals surface area contributed by atoms with Crippen LogP contribution in [0, 0.1) is 6.92 Å². The van der Waals surface area contributed by atoms with Crippen molar-refractivity contribution >= 4 is 33.2 Å². The zero-order valence-electron chi connectivity index (χ0n) is 18.5. The molecule has 2 N–H and O–H groups in total. The topological polar surface area (TPSA) is 106 Å². The Morgan fingerprint density at radius 2 is 1.66 bits per heavy atom. The molecule has 13 heteroatoms. The average molecular weight is 510 g/mol. The number of nitrogens with one attached hydrogen (secondary N) is 2. The first-order chi connectivity index (χ1) is 16.6. The van der Waals surface area contributed by atoms with Crippen molar-refractivity contribution in [3.63, 3.8) is 0 Å². The molecule has 1 aliphatic rings. The molecule has 0 atom stereocenters. The second-order valence-corrected chi connectivity index (χ2v) is 9.24. The first-order valence-corrected chi connectivity index (χ1v) is 12.0. The second kappa shape index (κ2) is 9.96. The van der Waals surface area contributed by atoms with Crippen LogP contribution in [-0.4, -0.2) is 51.1 Å². The fourth-order valence-corrected chi connectivity index (χ4v) is 4.59. The Bertz CT molecular complexity index is 1280. The number of aromatic nitrogens is 2. The van der Waals surface area contributed by atoms with Gasteiger partial charge in [-0.15, -0.1) is 13.2 Å². The van der Waals surface area contributed by atoms with E-state index >= 15 is 0 Å². The Morgan fingerprint density at radius 1 is 1.00 bits per heavy atom. The van der Waals surface area contributed by atoms with Crippen LogP contribution in [0.25, 0.3) is 0 Å². The highest BCUT2D eigenvalue weighted by molar-refractivity contribution is 7.92. The van der Waals surface area contributed by atoms with Gasteiger partial charge in [-0.1, -0.05) is 12.1 Å². The van der Waals surface area contributed by atoms with Gasteiger partial charge in [-0.2, -0.15) is 4.98 Å². The van der Waals surface area contributed by atoms with Crippen molar-refractivity contribution in [2.45, 2.75) is 18.2 Å². The number of morpholine rings is 1. The zero-order valence-corrected chi connectivity index (χ0v) is 19.4. The van der Waals surface area contributed by atoms with Crippen molar-refractivity contribution in [1.29, 1.82) is 0 Å². The van der Waals surface area contributed by atoms with Crippen LogP contribution in [0.3, 0.4) is 0 Å². The summed E-state index contributed by atoms with van der Waals surface area (Å²) in [5.41, 5.74) is 1.51. The number of alkyl halides is 3. The van der Waals surface area contributed by atoms with E-state index in [1.165, 1.54) is 24.3 Å². The number of para-hydroxylation sites is 1. The first-order valence-electron chi connectivity index (χ1n) is 10.5. The molecule has 4 rings (SSSR count). The maximum absolute atomic E-state index is 12.7. The fraction of sp³-hybridized carbons (Fsp3) is 0.273. The molecule has 1 aromatic heterocycles. The molecule has 9 nitrogen and oxygen atoms in total. The predicted molar refractivity (Wildman–Crippen MR) is 123 cm³/mol. The first kappa shape index (κ1) is 24.5. The van der Waals surface area contributed by atoms with Gasteiger partial charge in [0.05, 0.1) is 13.2 Å². The minimum Gasteiger partial charge on any atom is -0.404 e. The number of hydrogen-bond acceptors (Lipinski definition) is 8. The molecule has 0 aliphatic carbocycles. The highest BCUT2D eigenvalue weighted by Crippen LogP contribution is 2.31. The summed E-state index contributed by atoms with van der Waals surface area (Å²) in [7, 11) is -4.35. The van der Waals surface area contributed by atoms with Crippen molar-refractivity contribution < 1.29 is 31.1 Å². The van der Waals surface area contributed by atoms with Gasteiger partial charge in [0.2, 0.25) is 5.95 Å². The number of sulfonamides is 1. The predicted octanol–water partition coefficient (Wildman–Crippen LogP) is 4.06. The summed E-state index contributed by atoms with van der Waals surface area (Å²) in [4.78, 5) is 10.4. The van der Waals surface area contributed by atoms with Gasteiger partial charge >= 0.3 is 6.36 Å². The summed E-state index contributed by atoms with van der Waals surface area (Å²) < 4.78 is 74.8. The summed E-state index contributed by atoms with van der Waals surface area (Å²) in [6, 6.07) is 12.5. The summed E-state index contributed by atoms with van der Waals surface area (Å²) in [6.07, 6.45) is -5.03. The number of hydrogen-bond donors (Lipinski definition) is 2. The van der Waals surface area contributed by atoms with E-state index in [2.05, 4.69) is 29.6 Å². The highest BCUT2D eigenvalue weighted by atomic mass is 32.2. The molecule has 0 bridgehead atoms. The van der Waals surface area contributed by atoms with E-state index in [9.17, 15) is 21.6 Å². The number of halogens is 3. The van der Waals surface area contributed by atoms with Gasteiger partial charge < -0.3 is 19.7 Å². The Labute approximate surface area is 200 Å². The van der Waals surface area contributed by atoms with Crippen LogP contribution in [0.1, 0.15) is 5.69 Å². The van der Waals surface area contributed by atoms with Crippen LogP contribution in [0.4, 0.5) is 36.3 Å². The van der Waals surface area contributed by atoms with E-state index in [1.54, 1.807) is 12.1 Å². The number of ether oxygens (including phenoxy) is 2. The highest BCUT2D eigenvalue weighted by Gasteiger charge is 2.34. The Hall–Kier alpha value is -3.58. The SMILES string of the molecule is Cc1cc(N2CCOCC2)nc(Nc2ccc(NS(=O)(=O)c3ccccc3OC(F)(F)F)cc2)n1. The maximum atomic E-state index is 12.7. The van der Waals surface area contributed by atoms with Crippen molar-refractivity contribution in [1.82, 2.24) is 9.97 Å². The summed E-state index contributed by atoms with van der Waals surface area (Å²) in [5.74, 6) is 0.323. The molecular weight excluding hydrogens is 487 g/mol. The van der Waals surface area contributed by atoms with Crippen molar-refractivity contribution in [2.24, 2.45) is 0 Å². The molecule has 0 saturated carbocycles. The minimum absolute atomic E-state index is 0.150. The van der Waals surface area contributed by atoms with Crippen molar-refractivity contribution in [3.8, 4) is 5.75 Å². The largest absolute Gasteiger partial charge is 0.573 e. The number of aryl methyl sites for hydroxylation is 1. The van der Waals surface area contributed by atoms with Gasteiger partial charge in [0.15, 0.2) is 0 Å². The van der Waals surface area contributed by atoms with Crippen LogP contribution in [0.5, 0.6) is 5.75 Å². The van der Waals surface area contributed by atoms with E-state index in [-0.39, 0.29) is 5.69 Å². The van der Waals surface area contributed by atoms with Gasteiger partial charge in [-0.25, -0.2) is 13.4 Å². The lowest BCUT2D eigenvalue weighted by atomic mass is 10.3. The number of benzene rings is 2. The molecule has 2 heterocycles. The Kier molecular flexibility index (Phi) is 6.98. The normalized spacial score (nSPS) is 14.5. The zero-order chi connectivity index (χ0) is 25.1. The standard InChI is InChI=1S/C22H22F3N5O4S/c1-15-14-20(30-10-12-33-13-11-30)28-21(26-15)27-16-6-8-17(9-7-16)29-35(31,32)19-5-3-2-4-18(19)34-22(23,24)25/h2-9,14,29H,10-13H2,1H3,(H,26,27,28). The lowest BCUT2D eigenvalue weighted by molar-refractivity contribution is -0.275. The molecular formula is C22H22F3N5O4S. The molecule has 1 aliphatic heterocycles. The Balaban J connectivity index is 1.48. The summed E-state index contributed by atoms with van der Waals surface area (Å²) in [6.45, 7) is 4.55. The molecule has 1 fully saturated rings. The van der Waals surface area contributed by atoms with E-state index in [4.69, 9.17) is 4.74 Å². The van der Waals surface area contributed by atoms with Crippen molar-refractivity contribution in [2.75, 3.05) is 41.2 Å². The molecule has 1 saturated heterocycles. The minimum atomic E-state index is -5.03. The molecule has 186 valence electrons. The van der Waals surface area contributed by atoms with Crippen LogP contribution in [0.15, 0.2) is 59.5 Å². The second-order valence-electron chi connectivity index (χ2n) is 7.59. The Morgan fingerprint density at radius 3 is 2.34 bits per heavy atom. The van der Waals surface area contributed by atoms with E-state index in [1.807, 2.05) is 13.0 Å². The number of rotatable bonds is 7. The lowest BCUT2D eigenvalue weighted by Crippen LogP contribution is -2.36. The van der Waals surface area contributed by atoms with Gasteiger partial charge in [-0.3, -0.25) is 4.72 Å². The quantitative estimate of drug-likeness (QED) is 0.491. The van der Waals surface area contributed by atoms with E-state index in [0.717, 1.165) is 36.7 Å².